The van der Waals surface area contributed by atoms with Crippen molar-refractivity contribution in [1.29, 1.82) is 0 Å². The molecule has 2 aromatic rings. The number of piperidine rings is 1. The van der Waals surface area contributed by atoms with Crippen LogP contribution in [-0.2, 0) is 0 Å². The Kier molecular flexibility index (Phi) is 4.01. The van der Waals surface area contributed by atoms with Crippen LogP contribution in [0.25, 0.3) is 11.4 Å². The standard InChI is InChI=1S/C16H20FN3O/c1-3-11-6-7-18-14(9-11)16-19-15(20-21-16)12-4-5-13(17)10(2)8-12/h4-5,8,11,14,18H,3,6-7,9H2,1-2H3. The van der Waals surface area contributed by atoms with Gasteiger partial charge in [-0.1, -0.05) is 18.5 Å². The van der Waals surface area contributed by atoms with Gasteiger partial charge in [0.25, 0.3) is 0 Å². The van der Waals surface area contributed by atoms with Crippen molar-refractivity contribution < 1.29 is 8.91 Å². The van der Waals surface area contributed by atoms with Gasteiger partial charge in [-0.3, -0.25) is 0 Å². The van der Waals surface area contributed by atoms with Crippen LogP contribution in [0.15, 0.2) is 22.7 Å². The van der Waals surface area contributed by atoms with Crippen molar-refractivity contribution in [3.63, 3.8) is 0 Å². The Morgan fingerprint density at radius 3 is 3.05 bits per heavy atom. The first-order valence-corrected chi connectivity index (χ1v) is 7.51. The Morgan fingerprint density at radius 2 is 2.29 bits per heavy atom. The van der Waals surface area contributed by atoms with Crippen LogP contribution >= 0.6 is 0 Å². The summed E-state index contributed by atoms with van der Waals surface area (Å²) in [5.41, 5.74) is 1.37. The van der Waals surface area contributed by atoms with Gasteiger partial charge in [0.15, 0.2) is 0 Å². The zero-order valence-corrected chi connectivity index (χ0v) is 12.4. The Labute approximate surface area is 123 Å². The molecule has 1 aliphatic rings. The van der Waals surface area contributed by atoms with E-state index in [1.165, 1.54) is 18.9 Å². The van der Waals surface area contributed by atoms with Crippen LogP contribution in [-0.4, -0.2) is 16.7 Å². The summed E-state index contributed by atoms with van der Waals surface area (Å²) in [6.07, 6.45) is 3.40. The van der Waals surface area contributed by atoms with Gasteiger partial charge < -0.3 is 9.84 Å². The van der Waals surface area contributed by atoms with Crippen LogP contribution in [0.1, 0.15) is 43.7 Å². The van der Waals surface area contributed by atoms with Crippen molar-refractivity contribution in [2.45, 2.75) is 39.2 Å². The van der Waals surface area contributed by atoms with Crippen molar-refractivity contribution in [2.24, 2.45) is 5.92 Å². The molecule has 1 aliphatic heterocycles. The predicted octanol–water partition coefficient (Wildman–Crippen LogP) is 3.63. The number of rotatable bonds is 3. The molecule has 0 saturated carbocycles. The monoisotopic (exact) mass is 289 g/mol. The zero-order valence-electron chi connectivity index (χ0n) is 12.4. The van der Waals surface area contributed by atoms with Gasteiger partial charge >= 0.3 is 0 Å². The molecule has 1 fully saturated rings. The molecule has 2 unspecified atom stereocenters. The summed E-state index contributed by atoms with van der Waals surface area (Å²) in [6.45, 7) is 4.93. The molecule has 1 N–H and O–H groups in total. The van der Waals surface area contributed by atoms with Crippen molar-refractivity contribution >= 4 is 0 Å². The van der Waals surface area contributed by atoms with Crippen LogP contribution in [0.5, 0.6) is 0 Å². The Bertz CT molecular complexity index is 626. The molecule has 0 amide bonds. The van der Waals surface area contributed by atoms with Crippen molar-refractivity contribution in [2.75, 3.05) is 6.54 Å². The number of aromatic nitrogens is 2. The first-order chi connectivity index (χ1) is 10.2. The molecule has 2 heterocycles. The fourth-order valence-corrected chi connectivity index (χ4v) is 2.83. The highest BCUT2D eigenvalue weighted by Crippen LogP contribution is 2.29. The zero-order chi connectivity index (χ0) is 14.8. The fourth-order valence-electron chi connectivity index (χ4n) is 2.83. The maximum atomic E-state index is 13.3. The van der Waals surface area contributed by atoms with Gasteiger partial charge in [0.1, 0.15) is 5.82 Å². The molecule has 0 aliphatic carbocycles. The van der Waals surface area contributed by atoms with Gasteiger partial charge in [0.05, 0.1) is 6.04 Å². The maximum absolute atomic E-state index is 13.3. The van der Waals surface area contributed by atoms with Gasteiger partial charge in [-0.25, -0.2) is 4.39 Å². The third-order valence-electron chi connectivity index (χ3n) is 4.25. The highest BCUT2D eigenvalue weighted by Gasteiger charge is 2.26. The van der Waals surface area contributed by atoms with Gasteiger partial charge in [-0.05, 0) is 56.0 Å². The molecule has 3 rings (SSSR count). The average Bonchev–Trinajstić information content (AvgIpc) is 3.00. The molecular weight excluding hydrogens is 269 g/mol. The second-order valence-electron chi connectivity index (χ2n) is 5.73. The highest BCUT2D eigenvalue weighted by molar-refractivity contribution is 5.55. The topological polar surface area (TPSA) is 51.0 Å². The largest absolute Gasteiger partial charge is 0.337 e. The smallest absolute Gasteiger partial charge is 0.244 e. The molecule has 112 valence electrons. The molecule has 0 spiro atoms. The van der Waals surface area contributed by atoms with E-state index in [9.17, 15) is 4.39 Å². The van der Waals surface area contributed by atoms with E-state index in [0.29, 0.717) is 23.2 Å². The molecule has 2 atom stereocenters. The van der Waals surface area contributed by atoms with E-state index in [-0.39, 0.29) is 11.9 Å². The summed E-state index contributed by atoms with van der Waals surface area (Å²) in [5.74, 6) is 1.64. The average molecular weight is 289 g/mol. The van der Waals surface area contributed by atoms with Gasteiger partial charge in [0.2, 0.25) is 11.7 Å². The van der Waals surface area contributed by atoms with Gasteiger partial charge in [0, 0.05) is 5.56 Å². The molecule has 4 nitrogen and oxygen atoms in total. The van der Waals surface area contributed by atoms with E-state index < -0.39 is 0 Å². The van der Waals surface area contributed by atoms with Gasteiger partial charge in [-0.2, -0.15) is 4.98 Å². The molecule has 1 saturated heterocycles. The second-order valence-corrected chi connectivity index (χ2v) is 5.73. The lowest BCUT2D eigenvalue weighted by Crippen LogP contribution is -2.31. The Hall–Kier alpha value is -1.75. The van der Waals surface area contributed by atoms with Crippen LogP contribution in [0.4, 0.5) is 4.39 Å². The van der Waals surface area contributed by atoms with E-state index in [1.807, 2.05) is 0 Å². The summed E-state index contributed by atoms with van der Waals surface area (Å²) in [4.78, 5) is 4.48. The minimum Gasteiger partial charge on any atom is -0.337 e. The Morgan fingerprint density at radius 1 is 1.43 bits per heavy atom. The summed E-state index contributed by atoms with van der Waals surface area (Å²) in [7, 11) is 0. The third kappa shape index (κ3) is 2.97. The van der Waals surface area contributed by atoms with E-state index in [2.05, 4.69) is 22.4 Å². The second kappa shape index (κ2) is 5.93. The van der Waals surface area contributed by atoms with E-state index >= 15 is 0 Å². The van der Waals surface area contributed by atoms with E-state index in [4.69, 9.17) is 4.52 Å². The minimum atomic E-state index is -0.220. The van der Waals surface area contributed by atoms with Crippen LogP contribution < -0.4 is 5.32 Å². The number of nitrogens with zero attached hydrogens (tertiary/aromatic N) is 2. The molecule has 0 bridgehead atoms. The lowest BCUT2D eigenvalue weighted by atomic mass is 9.90. The first kappa shape index (κ1) is 14.2. The van der Waals surface area contributed by atoms with E-state index in [0.717, 1.165) is 18.5 Å². The van der Waals surface area contributed by atoms with E-state index in [1.54, 1.807) is 19.1 Å². The van der Waals surface area contributed by atoms with Crippen molar-refractivity contribution in [3.05, 3.63) is 35.5 Å². The third-order valence-corrected chi connectivity index (χ3v) is 4.25. The summed E-state index contributed by atoms with van der Waals surface area (Å²) >= 11 is 0. The SMILES string of the molecule is CCC1CCNC(c2nc(-c3ccc(F)c(C)c3)no2)C1. The Balaban J connectivity index is 1.81. The predicted molar refractivity (Wildman–Crippen MR) is 78.2 cm³/mol. The first-order valence-electron chi connectivity index (χ1n) is 7.51. The van der Waals surface area contributed by atoms with Gasteiger partial charge in [-0.15, -0.1) is 0 Å². The molecule has 5 heteroatoms. The highest BCUT2D eigenvalue weighted by atomic mass is 19.1. The summed E-state index contributed by atoms with van der Waals surface area (Å²) < 4.78 is 18.7. The van der Waals surface area contributed by atoms with Crippen LogP contribution in [0.2, 0.25) is 0 Å². The number of nitrogens with one attached hydrogen (secondary N) is 1. The quantitative estimate of drug-likeness (QED) is 0.937. The van der Waals surface area contributed by atoms with Crippen molar-refractivity contribution in [3.8, 4) is 11.4 Å². The summed E-state index contributed by atoms with van der Waals surface area (Å²) in [5, 5.41) is 7.46. The molecule has 1 aromatic carbocycles. The van der Waals surface area contributed by atoms with Crippen LogP contribution in [0.3, 0.4) is 0 Å². The maximum Gasteiger partial charge on any atom is 0.244 e. The van der Waals surface area contributed by atoms with Crippen LogP contribution in [0, 0.1) is 18.7 Å². The number of halogens is 1. The minimum absolute atomic E-state index is 0.131. The number of benzene rings is 1. The summed E-state index contributed by atoms with van der Waals surface area (Å²) in [6, 6.07) is 4.99. The lowest BCUT2D eigenvalue weighted by Gasteiger charge is -2.27. The fraction of sp³-hybridized carbons (Fsp3) is 0.500. The molecule has 21 heavy (non-hydrogen) atoms. The molecule has 0 radical (unpaired) electrons. The molecule has 1 aromatic heterocycles. The molecular formula is C16H20FN3O. The van der Waals surface area contributed by atoms with Crippen molar-refractivity contribution in [1.82, 2.24) is 15.5 Å². The number of hydrogen-bond acceptors (Lipinski definition) is 4. The number of aryl methyl sites for hydroxylation is 1. The normalized spacial score (nSPS) is 22.4. The lowest BCUT2D eigenvalue weighted by molar-refractivity contribution is 0.246. The number of hydrogen-bond donors (Lipinski definition) is 1.